The number of hydrogen-bond donors (Lipinski definition) is 1. The SMILES string of the molecule is N#Cc1cccc2c1[nH]c(=S)n2-c1cc(Br)c(F)cc1F. The largest absolute Gasteiger partial charge is 0.329 e. The van der Waals surface area contributed by atoms with E-state index in [0.717, 1.165) is 6.07 Å². The van der Waals surface area contributed by atoms with Crippen LogP contribution in [-0.4, -0.2) is 9.55 Å². The lowest BCUT2D eigenvalue weighted by Crippen LogP contribution is -1.99. The van der Waals surface area contributed by atoms with Crippen molar-refractivity contribution in [2.75, 3.05) is 0 Å². The van der Waals surface area contributed by atoms with E-state index in [9.17, 15) is 8.78 Å². The van der Waals surface area contributed by atoms with Gasteiger partial charge in [-0.2, -0.15) is 5.26 Å². The molecule has 1 N–H and O–H groups in total. The van der Waals surface area contributed by atoms with E-state index in [2.05, 4.69) is 20.9 Å². The van der Waals surface area contributed by atoms with Crippen LogP contribution in [0.5, 0.6) is 0 Å². The summed E-state index contributed by atoms with van der Waals surface area (Å²) in [5.41, 5.74) is 1.58. The van der Waals surface area contributed by atoms with Gasteiger partial charge in [0.2, 0.25) is 0 Å². The second kappa shape index (κ2) is 5.06. The molecule has 0 saturated carbocycles. The monoisotopic (exact) mass is 365 g/mol. The third-order valence-corrected chi connectivity index (χ3v) is 3.96. The first-order valence-electron chi connectivity index (χ1n) is 5.81. The minimum absolute atomic E-state index is 0.106. The number of hydrogen-bond acceptors (Lipinski definition) is 2. The van der Waals surface area contributed by atoms with Crippen molar-refractivity contribution in [1.29, 1.82) is 5.26 Å². The Morgan fingerprint density at radius 1 is 1.24 bits per heavy atom. The van der Waals surface area contributed by atoms with Crippen molar-refractivity contribution in [3.8, 4) is 11.8 Å². The van der Waals surface area contributed by atoms with Crippen LogP contribution in [0.3, 0.4) is 0 Å². The number of benzene rings is 2. The number of para-hydroxylation sites is 1. The summed E-state index contributed by atoms with van der Waals surface area (Å²) < 4.78 is 29.2. The molecule has 0 aliphatic rings. The van der Waals surface area contributed by atoms with Gasteiger partial charge < -0.3 is 4.98 Å². The average molecular weight is 366 g/mol. The number of fused-ring (bicyclic) bond motifs is 1. The second-order valence-corrected chi connectivity index (χ2v) is 5.54. The fourth-order valence-corrected chi connectivity index (χ4v) is 2.78. The molecule has 0 aliphatic heterocycles. The van der Waals surface area contributed by atoms with Crippen LogP contribution in [0.4, 0.5) is 8.78 Å². The van der Waals surface area contributed by atoms with Crippen molar-refractivity contribution < 1.29 is 8.78 Å². The van der Waals surface area contributed by atoms with Gasteiger partial charge >= 0.3 is 0 Å². The van der Waals surface area contributed by atoms with Gasteiger partial charge in [-0.3, -0.25) is 4.57 Å². The highest BCUT2D eigenvalue weighted by atomic mass is 79.9. The molecule has 7 heteroatoms. The normalized spacial score (nSPS) is 10.8. The Kier molecular flexibility index (Phi) is 3.35. The van der Waals surface area contributed by atoms with Gasteiger partial charge in [-0.15, -0.1) is 0 Å². The molecule has 0 aliphatic carbocycles. The summed E-state index contributed by atoms with van der Waals surface area (Å²) in [6.45, 7) is 0. The molecule has 0 amide bonds. The molecule has 2 aromatic carbocycles. The molecule has 3 nitrogen and oxygen atoms in total. The highest BCUT2D eigenvalue weighted by molar-refractivity contribution is 9.10. The van der Waals surface area contributed by atoms with Crippen LogP contribution in [0.1, 0.15) is 5.56 Å². The van der Waals surface area contributed by atoms with E-state index >= 15 is 0 Å². The summed E-state index contributed by atoms with van der Waals surface area (Å²) in [5.74, 6) is -1.43. The second-order valence-electron chi connectivity index (χ2n) is 4.29. The zero-order chi connectivity index (χ0) is 15.1. The van der Waals surface area contributed by atoms with Crippen molar-refractivity contribution in [2.24, 2.45) is 0 Å². The van der Waals surface area contributed by atoms with Crippen LogP contribution in [-0.2, 0) is 0 Å². The Labute approximate surface area is 131 Å². The van der Waals surface area contributed by atoms with Crippen LogP contribution in [0, 0.1) is 27.7 Å². The van der Waals surface area contributed by atoms with E-state index in [1.165, 1.54) is 10.6 Å². The molecule has 3 aromatic rings. The van der Waals surface area contributed by atoms with Crippen LogP contribution >= 0.6 is 28.1 Å². The molecule has 0 spiro atoms. The van der Waals surface area contributed by atoms with Crippen molar-refractivity contribution >= 4 is 39.2 Å². The summed E-state index contributed by atoms with van der Waals surface area (Å²) in [4.78, 5) is 2.89. The number of rotatable bonds is 1. The number of aromatic nitrogens is 2. The molecular formula is C14H6BrF2N3S. The number of halogens is 3. The van der Waals surface area contributed by atoms with Gasteiger partial charge in [0, 0.05) is 6.07 Å². The summed E-state index contributed by atoms with van der Waals surface area (Å²) in [5, 5.41) is 9.10. The molecule has 0 bridgehead atoms. The summed E-state index contributed by atoms with van der Waals surface area (Å²) in [7, 11) is 0. The van der Waals surface area contributed by atoms with Gasteiger partial charge in [-0.05, 0) is 46.3 Å². The minimum Gasteiger partial charge on any atom is -0.329 e. The average Bonchev–Trinajstić information content (AvgIpc) is 2.79. The van der Waals surface area contributed by atoms with Gasteiger partial charge in [0.05, 0.1) is 26.8 Å². The van der Waals surface area contributed by atoms with E-state index in [1.807, 2.05) is 6.07 Å². The Balaban J connectivity index is 2.42. The number of imidazole rings is 1. The number of nitriles is 1. The number of aromatic amines is 1. The Bertz CT molecular complexity index is 969. The van der Waals surface area contributed by atoms with Crippen LogP contribution in [0.15, 0.2) is 34.8 Å². The molecule has 0 atom stereocenters. The molecule has 1 heterocycles. The van der Waals surface area contributed by atoms with Crippen molar-refractivity contribution in [3.63, 3.8) is 0 Å². The minimum atomic E-state index is -0.741. The first-order chi connectivity index (χ1) is 10.0. The van der Waals surface area contributed by atoms with Crippen LogP contribution in [0.25, 0.3) is 16.7 Å². The van der Waals surface area contributed by atoms with Crippen LogP contribution in [0.2, 0.25) is 0 Å². The number of nitrogens with zero attached hydrogens (tertiary/aromatic N) is 2. The molecule has 0 unspecified atom stereocenters. The van der Waals surface area contributed by atoms with Gasteiger partial charge in [0.1, 0.15) is 17.7 Å². The standard InChI is InChI=1S/C14H6BrF2N3S/c15-8-4-12(10(17)5-9(8)16)20-11-3-1-2-7(6-18)13(11)19-14(20)21/h1-5H,(H,19,21). The third kappa shape index (κ3) is 2.17. The maximum Gasteiger partial charge on any atom is 0.182 e. The van der Waals surface area contributed by atoms with E-state index in [0.29, 0.717) is 16.6 Å². The van der Waals surface area contributed by atoms with E-state index in [-0.39, 0.29) is 14.9 Å². The van der Waals surface area contributed by atoms with Gasteiger partial charge in [-0.1, -0.05) is 6.07 Å². The van der Waals surface area contributed by atoms with Crippen molar-refractivity contribution in [2.45, 2.75) is 0 Å². The van der Waals surface area contributed by atoms with Crippen LogP contribution < -0.4 is 0 Å². The zero-order valence-corrected chi connectivity index (χ0v) is 12.7. The lowest BCUT2D eigenvalue weighted by molar-refractivity contribution is 0.574. The summed E-state index contributed by atoms with van der Waals surface area (Å²) in [6.07, 6.45) is 0. The molecule has 3 rings (SSSR count). The quantitative estimate of drug-likeness (QED) is 0.505. The first kappa shape index (κ1) is 13.9. The molecule has 21 heavy (non-hydrogen) atoms. The van der Waals surface area contributed by atoms with Crippen molar-refractivity contribution in [1.82, 2.24) is 9.55 Å². The maximum atomic E-state index is 14.1. The third-order valence-electron chi connectivity index (χ3n) is 3.07. The van der Waals surface area contributed by atoms with E-state index < -0.39 is 11.6 Å². The Morgan fingerprint density at radius 2 is 2.00 bits per heavy atom. The van der Waals surface area contributed by atoms with E-state index in [4.69, 9.17) is 17.5 Å². The summed E-state index contributed by atoms with van der Waals surface area (Å²) in [6, 6.07) is 9.16. The molecular weight excluding hydrogens is 360 g/mol. The number of H-pyrrole nitrogens is 1. The van der Waals surface area contributed by atoms with Gasteiger partial charge in [0.25, 0.3) is 0 Å². The van der Waals surface area contributed by atoms with Crippen molar-refractivity contribution in [3.05, 3.63) is 56.8 Å². The molecule has 104 valence electrons. The fraction of sp³-hybridized carbons (Fsp3) is 0. The predicted molar refractivity (Wildman–Crippen MR) is 80.8 cm³/mol. The highest BCUT2D eigenvalue weighted by Crippen LogP contribution is 2.27. The summed E-state index contributed by atoms with van der Waals surface area (Å²) >= 11 is 8.23. The van der Waals surface area contributed by atoms with Gasteiger partial charge in [-0.25, -0.2) is 8.78 Å². The highest BCUT2D eigenvalue weighted by Gasteiger charge is 2.15. The number of nitrogens with one attached hydrogen (secondary N) is 1. The molecule has 0 saturated heterocycles. The Hall–Kier alpha value is -2.04. The smallest absolute Gasteiger partial charge is 0.182 e. The van der Waals surface area contributed by atoms with E-state index in [1.54, 1.807) is 18.2 Å². The predicted octanol–water partition coefficient (Wildman–Crippen LogP) is 4.60. The zero-order valence-electron chi connectivity index (χ0n) is 10.3. The lowest BCUT2D eigenvalue weighted by Gasteiger charge is -2.07. The lowest BCUT2D eigenvalue weighted by atomic mass is 10.2. The molecule has 1 aromatic heterocycles. The molecule has 0 radical (unpaired) electrons. The Morgan fingerprint density at radius 3 is 2.71 bits per heavy atom. The molecule has 0 fully saturated rings. The first-order valence-corrected chi connectivity index (χ1v) is 7.02. The fourth-order valence-electron chi connectivity index (χ4n) is 2.15. The maximum absolute atomic E-state index is 14.1. The topological polar surface area (TPSA) is 44.5 Å². The van der Waals surface area contributed by atoms with Gasteiger partial charge in [0.15, 0.2) is 4.77 Å².